The van der Waals surface area contributed by atoms with Gasteiger partial charge in [-0.05, 0) is 0 Å². The third kappa shape index (κ3) is 2.80. The summed E-state index contributed by atoms with van der Waals surface area (Å²) in [6.45, 7) is 2.61. The van der Waals surface area contributed by atoms with Crippen molar-refractivity contribution in [2.75, 3.05) is 27.2 Å². The fourth-order valence-electron chi connectivity index (χ4n) is 0.761. The topological polar surface area (TPSA) is 49.6 Å². The van der Waals surface area contributed by atoms with E-state index in [0.717, 1.165) is 0 Å². The van der Waals surface area contributed by atoms with E-state index >= 15 is 0 Å². The van der Waals surface area contributed by atoms with Gasteiger partial charge in [-0.1, -0.05) is 0 Å². The third-order valence-corrected chi connectivity index (χ3v) is 1.19. The number of nitrogens with two attached hydrogens (primary N) is 1. The second kappa shape index (κ2) is 4.24. The molecule has 10 heavy (non-hydrogen) atoms. The molecule has 0 spiro atoms. The zero-order valence-electron chi connectivity index (χ0n) is 6.79. The highest BCUT2D eigenvalue weighted by molar-refractivity contribution is 5.72. The molecule has 0 aliphatic carbocycles. The molecule has 0 atom stereocenters. The standard InChI is InChI=1S/C6H15N3O/c1-6(10)9(5-4-7)8(2)3/h4-5,7H2,1-3H3. The van der Waals surface area contributed by atoms with Crippen LogP contribution in [0, 0.1) is 0 Å². The predicted octanol–water partition coefficient (Wildman–Crippen LogP) is -0.730. The van der Waals surface area contributed by atoms with E-state index in [2.05, 4.69) is 0 Å². The van der Waals surface area contributed by atoms with Gasteiger partial charge in [0.15, 0.2) is 0 Å². The van der Waals surface area contributed by atoms with Crippen molar-refractivity contribution in [1.82, 2.24) is 10.0 Å². The van der Waals surface area contributed by atoms with Crippen molar-refractivity contribution < 1.29 is 4.79 Å². The number of carbonyl (C=O) groups is 1. The van der Waals surface area contributed by atoms with E-state index in [0.29, 0.717) is 13.1 Å². The van der Waals surface area contributed by atoms with Crippen LogP contribution in [-0.2, 0) is 4.79 Å². The SMILES string of the molecule is CC(=O)N(CCN)N(C)C. The molecule has 0 aromatic rings. The van der Waals surface area contributed by atoms with Crippen molar-refractivity contribution in [1.29, 1.82) is 0 Å². The normalized spacial score (nSPS) is 10.1. The Morgan fingerprint density at radius 2 is 2.00 bits per heavy atom. The van der Waals surface area contributed by atoms with Gasteiger partial charge in [0.1, 0.15) is 0 Å². The summed E-state index contributed by atoms with van der Waals surface area (Å²) in [6, 6.07) is 0. The van der Waals surface area contributed by atoms with Gasteiger partial charge in [-0.2, -0.15) is 0 Å². The lowest BCUT2D eigenvalue weighted by Gasteiger charge is -2.26. The summed E-state index contributed by atoms with van der Waals surface area (Å²) >= 11 is 0. The summed E-state index contributed by atoms with van der Waals surface area (Å²) in [6.07, 6.45) is 0. The zero-order chi connectivity index (χ0) is 8.15. The Labute approximate surface area is 61.6 Å². The maximum Gasteiger partial charge on any atom is 0.233 e. The van der Waals surface area contributed by atoms with Crippen LogP contribution in [0.25, 0.3) is 0 Å². The number of rotatable bonds is 3. The Hall–Kier alpha value is -0.610. The monoisotopic (exact) mass is 145 g/mol. The Morgan fingerprint density at radius 3 is 2.10 bits per heavy atom. The Bertz CT molecular complexity index is 114. The fraction of sp³-hybridized carbons (Fsp3) is 0.833. The van der Waals surface area contributed by atoms with Crippen molar-refractivity contribution in [3.63, 3.8) is 0 Å². The highest BCUT2D eigenvalue weighted by atomic mass is 16.2. The molecular weight excluding hydrogens is 130 g/mol. The van der Waals surface area contributed by atoms with Crippen molar-refractivity contribution in [2.24, 2.45) is 5.73 Å². The highest BCUT2D eigenvalue weighted by Gasteiger charge is 2.07. The Balaban J connectivity index is 3.85. The molecule has 0 saturated carbocycles. The van der Waals surface area contributed by atoms with Gasteiger partial charge in [0.2, 0.25) is 5.91 Å². The van der Waals surface area contributed by atoms with Crippen LogP contribution in [0.3, 0.4) is 0 Å². The predicted molar refractivity (Wildman–Crippen MR) is 40.1 cm³/mol. The molecule has 4 heteroatoms. The van der Waals surface area contributed by atoms with Crippen LogP contribution >= 0.6 is 0 Å². The fourth-order valence-corrected chi connectivity index (χ4v) is 0.761. The van der Waals surface area contributed by atoms with Gasteiger partial charge in [0.05, 0.1) is 0 Å². The van der Waals surface area contributed by atoms with Crippen LogP contribution in [0.1, 0.15) is 6.92 Å². The minimum atomic E-state index is 0.0236. The summed E-state index contributed by atoms with van der Waals surface area (Å²) in [7, 11) is 3.63. The molecule has 4 nitrogen and oxygen atoms in total. The number of nitrogens with zero attached hydrogens (tertiary/aromatic N) is 2. The van der Waals surface area contributed by atoms with E-state index in [-0.39, 0.29) is 5.91 Å². The number of amides is 1. The number of hydrogen-bond acceptors (Lipinski definition) is 3. The molecule has 0 bridgehead atoms. The Kier molecular flexibility index (Phi) is 3.99. The molecular formula is C6H15N3O. The van der Waals surface area contributed by atoms with Gasteiger partial charge in [-0.3, -0.25) is 9.80 Å². The molecule has 60 valence electrons. The molecule has 0 heterocycles. The van der Waals surface area contributed by atoms with Gasteiger partial charge in [0, 0.05) is 34.1 Å². The molecule has 0 rings (SSSR count). The lowest BCUT2D eigenvalue weighted by atomic mass is 10.5. The summed E-state index contributed by atoms with van der Waals surface area (Å²) in [5.41, 5.74) is 5.28. The molecule has 0 radical (unpaired) electrons. The van der Waals surface area contributed by atoms with Crippen LogP contribution in [0.4, 0.5) is 0 Å². The van der Waals surface area contributed by atoms with Crippen molar-refractivity contribution >= 4 is 5.91 Å². The quantitative estimate of drug-likeness (QED) is 0.533. The van der Waals surface area contributed by atoms with Gasteiger partial charge in [0.25, 0.3) is 0 Å². The molecule has 1 amide bonds. The Morgan fingerprint density at radius 1 is 1.50 bits per heavy atom. The van der Waals surface area contributed by atoms with E-state index in [1.54, 1.807) is 10.0 Å². The average Bonchev–Trinajstić information content (AvgIpc) is 1.81. The van der Waals surface area contributed by atoms with Gasteiger partial charge in [-0.15, -0.1) is 0 Å². The minimum absolute atomic E-state index is 0.0236. The number of hydrazine groups is 1. The van der Waals surface area contributed by atoms with E-state index in [1.807, 2.05) is 14.1 Å². The summed E-state index contributed by atoms with van der Waals surface area (Å²) in [5, 5.41) is 3.31. The maximum atomic E-state index is 10.8. The average molecular weight is 145 g/mol. The highest BCUT2D eigenvalue weighted by Crippen LogP contribution is 1.89. The van der Waals surface area contributed by atoms with Crippen molar-refractivity contribution in [3.8, 4) is 0 Å². The first-order chi connectivity index (χ1) is 4.59. The maximum absolute atomic E-state index is 10.8. The molecule has 0 aromatic heterocycles. The van der Waals surface area contributed by atoms with E-state index < -0.39 is 0 Å². The number of carbonyl (C=O) groups excluding carboxylic acids is 1. The first-order valence-corrected chi connectivity index (χ1v) is 3.25. The lowest BCUT2D eigenvalue weighted by Crippen LogP contribution is -2.43. The van der Waals surface area contributed by atoms with Crippen molar-refractivity contribution in [3.05, 3.63) is 0 Å². The second-order valence-corrected chi connectivity index (χ2v) is 2.28. The van der Waals surface area contributed by atoms with E-state index in [4.69, 9.17) is 5.73 Å². The minimum Gasteiger partial charge on any atom is -0.329 e. The molecule has 0 aliphatic rings. The first-order valence-electron chi connectivity index (χ1n) is 3.25. The van der Waals surface area contributed by atoms with Crippen molar-refractivity contribution in [2.45, 2.75) is 6.92 Å². The number of hydrogen-bond donors (Lipinski definition) is 1. The van der Waals surface area contributed by atoms with E-state index in [1.165, 1.54) is 6.92 Å². The van der Waals surface area contributed by atoms with Gasteiger partial charge >= 0.3 is 0 Å². The summed E-state index contributed by atoms with van der Waals surface area (Å²) in [4.78, 5) is 10.8. The van der Waals surface area contributed by atoms with Gasteiger partial charge < -0.3 is 5.73 Å². The van der Waals surface area contributed by atoms with Crippen LogP contribution in [-0.4, -0.2) is 43.1 Å². The van der Waals surface area contributed by atoms with E-state index in [9.17, 15) is 4.79 Å². The first kappa shape index (κ1) is 9.39. The van der Waals surface area contributed by atoms with Crippen LogP contribution < -0.4 is 5.73 Å². The van der Waals surface area contributed by atoms with Crippen LogP contribution in [0.2, 0.25) is 0 Å². The smallest absolute Gasteiger partial charge is 0.233 e. The lowest BCUT2D eigenvalue weighted by molar-refractivity contribution is -0.141. The molecule has 0 saturated heterocycles. The van der Waals surface area contributed by atoms with Crippen LogP contribution in [0.15, 0.2) is 0 Å². The summed E-state index contributed by atoms with van der Waals surface area (Å²) < 4.78 is 0. The van der Waals surface area contributed by atoms with Gasteiger partial charge in [-0.25, -0.2) is 5.01 Å². The molecule has 0 unspecified atom stereocenters. The largest absolute Gasteiger partial charge is 0.329 e. The second-order valence-electron chi connectivity index (χ2n) is 2.28. The molecule has 2 N–H and O–H groups in total. The van der Waals surface area contributed by atoms with Crippen LogP contribution in [0.5, 0.6) is 0 Å². The zero-order valence-corrected chi connectivity index (χ0v) is 6.79. The third-order valence-electron chi connectivity index (χ3n) is 1.19. The molecule has 0 aromatic carbocycles. The molecule has 0 aliphatic heterocycles. The summed E-state index contributed by atoms with van der Waals surface area (Å²) in [5.74, 6) is 0.0236. The molecule has 0 fully saturated rings.